The van der Waals surface area contributed by atoms with Crippen molar-refractivity contribution in [1.82, 2.24) is 19.8 Å². The summed E-state index contributed by atoms with van der Waals surface area (Å²) in [6.07, 6.45) is 5.26. The number of carbonyl (C=O) groups excluding carboxylic acids is 1. The summed E-state index contributed by atoms with van der Waals surface area (Å²) >= 11 is 0. The van der Waals surface area contributed by atoms with Crippen molar-refractivity contribution in [2.75, 3.05) is 40.8 Å². The highest BCUT2D eigenvalue weighted by Gasteiger charge is 2.25. The third kappa shape index (κ3) is 6.03. The number of rotatable bonds is 7. The topological polar surface area (TPSA) is 67.8 Å². The van der Waals surface area contributed by atoms with Gasteiger partial charge in [0.05, 0.1) is 7.11 Å². The van der Waals surface area contributed by atoms with Crippen molar-refractivity contribution in [3.63, 3.8) is 0 Å². The summed E-state index contributed by atoms with van der Waals surface area (Å²) in [7, 11) is 5.59. The Balaban J connectivity index is 1.63. The number of methoxy groups -OCH3 is 1. The molecule has 2 aromatic rings. The minimum Gasteiger partial charge on any atom is -0.497 e. The van der Waals surface area contributed by atoms with Crippen LogP contribution in [0.1, 0.15) is 30.3 Å². The second-order valence-electron chi connectivity index (χ2n) is 7.75. The molecule has 1 aliphatic heterocycles. The lowest BCUT2D eigenvalue weighted by Gasteiger charge is -2.30. The molecule has 1 saturated heterocycles. The predicted octanol–water partition coefficient (Wildman–Crippen LogP) is 3.41. The first-order valence-corrected chi connectivity index (χ1v) is 10.2. The molecule has 0 saturated carbocycles. The summed E-state index contributed by atoms with van der Waals surface area (Å²) in [6.45, 7) is 4.12. The van der Waals surface area contributed by atoms with E-state index in [4.69, 9.17) is 9.47 Å². The quantitative estimate of drug-likeness (QED) is 0.652. The van der Waals surface area contributed by atoms with Crippen molar-refractivity contribution in [3.05, 3.63) is 54.0 Å². The van der Waals surface area contributed by atoms with Crippen molar-refractivity contribution in [2.24, 2.45) is 0 Å². The Kier molecular flexibility index (Phi) is 7.41. The van der Waals surface area contributed by atoms with E-state index in [9.17, 15) is 4.79 Å². The first-order chi connectivity index (χ1) is 14.4. The lowest BCUT2D eigenvalue weighted by Crippen LogP contribution is -2.37. The van der Waals surface area contributed by atoms with Gasteiger partial charge in [0.1, 0.15) is 17.3 Å². The van der Waals surface area contributed by atoms with E-state index in [1.807, 2.05) is 67.2 Å². The Morgan fingerprint density at radius 2 is 1.93 bits per heavy atom. The largest absolute Gasteiger partial charge is 0.497 e. The number of piperidine rings is 1. The molecule has 1 aliphatic rings. The van der Waals surface area contributed by atoms with Gasteiger partial charge < -0.3 is 19.3 Å². The minimum absolute atomic E-state index is 0.0718. The second kappa shape index (κ2) is 10.2. The van der Waals surface area contributed by atoms with Crippen molar-refractivity contribution in [2.45, 2.75) is 25.7 Å². The van der Waals surface area contributed by atoms with E-state index in [0.29, 0.717) is 24.7 Å². The Bertz CT molecular complexity index is 890. The van der Waals surface area contributed by atoms with Gasteiger partial charge in [-0.2, -0.15) is 4.98 Å². The molecule has 7 heteroatoms. The molecule has 160 valence electrons. The third-order valence-corrected chi connectivity index (χ3v) is 5.01. The summed E-state index contributed by atoms with van der Waals surface area (Å²) in [4.78, 5) is 25.5. The van der Waals surface area contributed by atoms with Crippen LogP contribution in [0.25, 0.3) is 0 Å². The van der Waals surface area contributed by atoms with E-state index < -0.39 is 0 Å². The summed E-state index contributed by atoms with van der Waals surface area (Å²) < 4.78 is 11.2. The average Bonchev–Trinajstić information content (AvgIpc) is 2.73. The van der Waals surface area contributed by atoms with Gasteiger partial charge in [0.2, 0.25) is 11.8 Å². The minimum atomic E-state index is 0.0718. The van der Waals surface area contributed by atoms with Gasteiger partial charge >= 0.3 is 0 Å². The highest BCUT2D eigenvalue weighted by molar-refractivity contribution is 5.87. The molecule has 1 aromatic heterocycles. The number of hydrogen-bond acceptors (Lipinski definition) is 6. The number of ether oxygens (including phenoxy) is 2. The number of hydrogen-bond donors (Lipinski definition) is 0. The predicted molar refractivity (Wildman–Crippen MR) is 116 cm³/mol. The fraction of sp³-hybridized carbons (Fsp3) is 0.435. The average molecular weight is 411 g/mol. The van der Waals surface area contributed by atoms with Crippen LogP contribution < -0.4 is 9.47 Å². The molecule has 0 unspecified atom stereocenters. The van der Waals surface area contributed by atoms with E-state index in [0.717, 1.165) is 36.7 Å². The number of likely N-dealkylation sites (tertiary alicyclic amines) is 1. The molecule has 1 aromatic carbocycles. The van der Waals surface area contributed by atoms with Gasteiger partial charge in [0, 0.05) is 49.5 Å². The van der Waals surface area contributed by atoms with Gasteiger partial charge in [-0.3, -0.25) is 4.79 Å². The molecule has 7 nitrogen and oxygen atoms in total. The van der Waals surface area contributed by atoms with Crippen molar-refractivity contribution < 1.29 is 14.3 Å². The number of carbonyl (C=O) groups is 1. The molecule has 2 heterocycles. The second-order valence-corrected chi connectivity index (χ2v) is 7.75. The van der Waals surface area contributed by atoms with E-state index in [-0.39, 0.29) is 11.8 Å². The number of likely N-dealkylation sites (N-methyl/N-ethyl adjacent to an activating group) is 1. The molecule has 0 spiro atoms. The number of amides is 1. The van der Waals surface area contributed by atoms with Crippen LogP contribution in [0.3, 0.4) is 0 Å². The fourth-order valence-electron chi connectivity index (χ4n) is 3.41. The lowest BCUT2D eigenvalue weighted by atomic mass is 9.95. The molecule has 30 heavy (non-hydrogen) atoms. The molecule has 0 N–H and O–H groups in total. The summed E-state index contributed by atoms with van der Waals surface area (Å²) in [6, 6.07) is 9.27. The monoisotopic (exact) mass is 410 g/mol. The molecular weight excluding hydrogens is 380 g/mol. The zero-order valence-corrected chi connectivity index (χ0v) is 18.2. The molecule has 1 fully saturated rings. The third-order valence-electron chi connectivity index (χ3n) is 5.01. The zero-order chi connectivity index (χ0) is 21.5. The van der Waals surface area contributed by atoms with Crippen molar-refractivity contribution >= 4 is 5.91 Å². The fourth-order valence-corrected chi connectivity index (χ4v) is 3.41. The molecule has 0 radical (unpaired) electrons. The molecule has 0 atom stereocenters. The van der Waals surface area contributed by atoms with E-state index in [1.165, 1.54) is 0 Å². The molecule has 1 amide bonds. The van der Waals surface area contributed by atoms with Gasteiger partial charge in [0.25, 0.3) is 0 Å². The van der Waals surface area contributed by atoms with Gasteiger partial charge in [-0.15, -0.1) is 0 Å². The summed E-state index contributed by atoms with van der Waals surface area (Å²) in [5.41, 5.74) is 0.864. The number of benzene rings is 1. The van der Waals surface area contributed by atoms with Gasteiger partial charge in [-0.05, 0) is 46.0 Å². The lowest BCUT2D eigenvalue weighted by molar-refractivity contribution is -0.127. The van der Waals surface area contributed by atoms with Crippen LogP contribution in [0.2, 0.25) is 0 Å². The zero-order valence-electron chi connectivity index (χ0n) is 18.2. The van der Waals surface area contributed by atoms with E-state index >= 15 is 0 Å². The number of nitrogens with zero attached hydrogens (tertiary/aromatic N) is 4. The van der Waals surface area contributed by atoms with E-state index in [1.54, 1.807) is 13.2 Å². The van der Waals surface area contributed by atoms with Crippen LogP contribution in [0.15, 0.2) is 42.5 Å². The first kappa shape index (κ1) is 21.8. The summed E-state index contributed by atoms with van der Waals surface area (Å²) in [5, 5.41) is 0. The van der Waals surface area contributed by atoms with E-state index in [2.05, 4.69) is 9.97 Å². The Labute approximate surface area is 178 Å². The Morgan fingerprint density at radius 3 is 2.63 bits per heavy atom. The van der Waals surface area contributed by atoms with Crippen LogP contribution in [0.5, 0.6) is 17.4 Å². The SMILES string of the molecule is COc1cccc(Oc2cc(C)nc(C3CCN(C(=O)/C=C/CN(C)C)CC3)n2)c1. The normalized spacial score (nSPS) is 15.0. The van der Waals surface area contributed by atoms with Gasteiger partial charge in [-0.1, -0.05) is 12.1 Å². The molecule has 0 aliphatic carbocycles. The maximum atomic E-state index is 12.3. The Hall–Kier alpha value is -2.93. The van der Waals surface area contributed by atoms with Crippen molar-refractivity contribution in [3.8, 4) is 17.4 Å². The number of aromatic nitrogens is 2. The molecular formula is C23H30N4O3. The van der Waals surface area contributed by atoms with Crippen LogP contribution in [-0.4, -0.2) is 66.5 Å². The number of aryl methyl sites for hydroxylation is 1. The van der Waals surface area contributed by atoms with Gasteiger partial charge in [-0.25, -0.2) is 4.98 Å². The first-order valence-electron chi connectivity index (χ1n) is 10.2. The smallest absolute Gasteiger partial charge is 0.246 e. The molecule has 0 bridgehead atoms. The highest BCUT2D eigenvalue weighted by atomic mass is 16.5. The Morgan fingerprint density at radius 1 is 1.20 bits per heavy atom. The van der Waals surface area contributed by atoms with Gasteiger partial charge in [0.15, 0.2) is 0 Å². The van der Waals surface area contributed by atoms with Crippen LogP contribution in [0.4, 0.5) is 0 Å². The van der Waals surface area contributed by atoms with Crippen LogP contribution >= 0.6 is 0 Å². The summed E-state index contributed by atoms with van der Waals surface area (Å²) in [5.74, 6) is 2.99. The molecule has 3 rings (SSSR count). The van der Waals surface area contributed by atoms with Crippen LogP contribution in [0, 0.1) is 6.92 Å². The highest BCUT2D eigenvalue weighted by Crippen LogP contribution is 2.29. The van der Waals surface area contributed by atoms with Crippen molar-refractivity contribution in [1.29, 1.82) is 0 Å². The van der Waals surface area contributed by atoms with Crippen LogP contribution in [-0.2, 0) is 4.79 Å². The standard InChI is InChI=1S/C23H30N4O3/c1-17-15-21(30-20-8-5-7-19(16-20)29-4)25-23(24-17)18-10-13-27(14-11-18)22(28)9-6-12-26(2)3/h5-9,15-16,18H,10-14H2,1-4H3/b9-6+. The maximum Gasteiger partial charge on any atom is 0.246 e. The maximum absolute atomic E-state index is 12.3.